The number of carbonyl (C=O) groups is 2. The minimum absolute atomic E-state index is 0.0745. The zero-order chi connectivity index (χ0) is 18.4. The van der Waals surface area contributed by atoms with Crippen LogP contribution in [-0.2, 0) is 11.3 Å². The van der Waals surface area contributed by atoms with Crippen LogP contribution >= 0.6 is 15.9 Å². The molecule has 9 heteroatoms. The van der Waals surface area contributed by atoms with Crippen LogP contribution < -0.4 is 10.6 Å². The Morgan fingerprint density at radius 1 is 1.04 bits per heavy atom. The molecule has 0 radical (unpaired) electrons. The fraction of sp³-hybridized carbons (Fsp3) is 0.118. The first-order valence-electron chi connectivity index (χ1n) is 7.65. The smallest absolute Gasteiger partial charge is 0.251 e. The summed E-state index contributed by atoms with van der Waals surface area (Å²) in [7, 11) is 0. The van der Waals surface area contributed by atoms with Crippen LogP contribution in [0.25, 0.3) is 11.4 Å². The third kappa shape index (κ3) is 4.73. The Hall–Kier alpha value is -3.07. The molecule has 132 valence electrons. The molecule has 0 aliphatic carbocycles. The fourth-order valence-corrected chi connectivity index (χ4v) is 2.31. The van der Waals surface area contributed by atoms with E-state index in [1.54, 1.807) is 48.8 Å². The molecule has 0 aliphatic heterocycles. The lowest BCUT2D eigenvalue weighted by atomic mass is 10.2. The monoisotopic (exact) mass is 415 g/mol. The summed E-state index contributed by atoms with van der Waals surface area (Å²) in [5.74, 6) is -0.00544. The minimum atomic E-state index is -0.362. The summed E-state index contributed by atoms with van der Waals surface area (Å²) in [6.45, 7) is -0.0781. The van der Waals surface area contributed by atoms with Gasteiger partial charge in [-0.1, -0.05) is 21.1 Å². The Kier molecular flexibility index (Phi) is 5.69. The van der Waals surface area contributed by atoms with Crippen molar-refractivity contribution in [3.8, 4) is 11.4 Å². The largest absolute Gasteiger partial charge is 0.345 e. The first-order valence-corrected chi connectivity index (χ1v) is 8.44. The molecule has 26 heavy (non-hydrogen) atoms. The lowest BCUT2D eigenvalue weighted by molar-refractivity contribution is -0.120. The van der Waals surface area contributed by atoms with E-state index < -0.39 is 0 Å². The number of rotatable bonds is 6. The molecule has 0 spiro atoms. The minimum Gasteiger partial charge on any atom is -0.345 e. The highest BCUT2D eigenvalue weighted by atomic mass is 79.9. The van der Waals surface area contributed by atoms with Gasteiger partial charge in [0.05, 0.1) is 13.1 Å². The summed E-state index contributed by atoms with van der Waals surface area (Å²) in [4.78, 5) is 31.9. The van der Waals surface area contributed by atoms with Gasteiger partial charge in [-0.05, 0) is 36.4 Å². The number of halogens is 1. The molecule has 0 fully saturated rings. The maximum atomic E-state index is 11.9. The molecule has 2 amide bonds. The molecule has 0 aliphatic rings. The maximum Gasteiger partial charge on any atom is 0.251 e. The lowest BCUT2D eigenvalue weighted by Gasteiger charge is -2.05. The van der Waals surface area contributed by atoms with Crippen LogP contribution in [0.4, 0.5) is 0 Å². The fourth-order valence-electron chi connectivity index (χ4n) is 2.05. The molecule has 3 rings (SSSR count). The summed E-state index contributed by atoms with van der Waals surface area (Å²) >= 11 is 3.30. The predicted molar refractivity (Wildman–Crippen MR) is 95.9 cm³/mol. The van der Waals surface area contributed by atoms with Gasteiger partial charge < -0.3 is 15.2 Å². The Balaban J connectivity index is 1.46. The zero-order valence-electron chi connectivity index (χ0n) is 13.5. The zero-order valence-corrected chi connectivity index (χ0v) is 15.1. The van der Waals surface area contributed by atoms with Gasteiger partial charge >= 0.3 is 0 Å². The molecule has 2 N–H and O–H groups in total. The molecule has 2 heterocycles. The van der Waals surface area contributed by atoms with E-state index in [4.69, 9.17) is 4.52 Å². The van der Waals surface area contributed by atoms with Crippen LogP contribution in [0.15, 0.2) is 57.8 Å². The van der Waals surface area contributed by atoms with Gasteiger partial charge in [-0.2, -0.15) is 4.98 Å². The Morgan fingerprint density at radius 2 is 1.77 bits per heavy atom. The van der Waals surface area contributed by atoms with Gasteiger partial charge in [-0.3, -0.25) is 14.6 Å². The average Bonchev–Trinajstić information content (AvgIpc) is 3.15. The molecule has 2 aromatic heterocycles. The predicted octanol–water partition coefficient (Wildman–Crippen LogP) is 1.94. The number of benzene rings is 1. The SMILES string of the molecule is O=C(CNC(=O)c1ccc(Br)cc1)NCc1nc(-c2ccncc2)no1. The second-order valence-electron chi connectivity index (χ2n) is 5.21. The van der Waals surface area contributed by atoms with E-state index in [2.05, 4.69) is 41.7 Å². The van der Waals surface area contributed by atoms with E-state index >= 15 is 0 Å². The highest BCUT2D eigenvalue weighted by Crippen LogP contribution is 2.13. The Bertz CT molecular complexity index is 896. The summed E-state index contributed by atoms with van der Waals surface area (Å²) in [5, 5.41) is 9.00. The number of hydrogen-bond donors (Lipinski definition) is 2. The first-order chi connectivity index (χ1) is 12.6. The van der Waals surface area contributed by atoms with Gasteiger partial charge in [0.25, 0.3) is 5.91 Å². The summed E-state index contributed by atoms with van der Waals surface area (Å²) in [6, 6.07) is 10.3. The molecule has 0 bridgehead atoms. The maximum absolute atomic E-state index is 11.9. The highest BCUT2D eigenvalue weighted by Gasteiger charge is 2.11. The van der Waals surface area contributed by atoms with E-state index in [1.807, 2.05) is 0 Å². The van der Waals surface area contributed by atoms with Gasteiger partial charge in [-0.25, -0.2) is 0 Å². The molecular weight excluding hydrogens is 402 g/mol. The van der Waals surface area contributed by atoms with Gasteiger partial charge in [-0.15, -0.1) is 0 Å². The number of carbonyl (C=O) groups excluding carboxylic acids is 2. The van der Waals surface area contributed by atoms with Crippen molar-refractivity contribution in [1.82, 2.24) is 25.8 Å². The van der Waals surface area contributed by atoms with Crippen LogP contribution in [0, 0.1) is 0 Å². The number of aromatic nitrogens is 3. The Labute approximate surface area is 157 Å². The first kappa shape index (κ1) is 17.7. The number of pyridine rings is 1. The van der Waals surface area contributed by atoms with Crippen molar-refractivity contribution in [3.05, 3.63) is 64.7 Å². The van der Waals surface area contributed by atoms with Crippen LogP contribution in [0.3, 0.4) is 0 Å². The van der Waals surface area contributed by atoms with Crippen LogP contribution in [0.1, 0.15) is 16.2 Å². The van der Waals surface area contributed by atoms with E-state index in [0.717, 1.165) is 10.0 Å². The third-order valence-electron chi connectivity index (χ3n) is 3.36. The molecule has 0 unspecified atom stereocenters. The Morgan fingerprint density at radius 3 is 2.50 bits per heavy atom. The molecule has 1 aromatic carbocycles. The summed E-state index contributed by atoms with van der Waals surface area (Å²) < 4.78 is 5.96. The van der Waals surface area contributed by atoms with Crippen molar-refractivity contribution in [1.29, 1.82) is 0 Å². The third-order valence-corrected chi connectivity index (χ3v) is 3.89. The number of amides is 2. The number of nitrogens with zero attached hydrogens (tertiary/aromatic N) is 3. The number of hydrogen-bond acceptors (Lipinski definition) is 6. The quantitative estimate of drug-likeness (QED) is 0.636. The summed E-state index contributed by atoms with van der Waals surface area (Å²) in [6.07, 6.45) is 3.25. The molecular formula is C17H14BrN5O3. The molecule has 3 aromatic rings. The normalized spacial score (nSPS) is 10.3. The van der Waals surface area contributed by atoms with E-state index in [1.165, 1.54) is 0 Å². The van der Waals surface area contributed by atoms with Crippen molar-refractivity contribution in [3.63, 3.8) is 0 Å². The lowest BCUT2D eigenvalue weighted by Crippen LogP contribution is -2.36. The van der Waals surface area contributed by atoms with Crippen molar-refractivity contribution in [2.45, 2.75) is 6.54 Å². The van der Waals surface area contributed by atoms with Crippen LogP contribution in [0.2, 0.25) is 0 Å². The number of nitrogens with one attached hydrogen (secondary N) is 2. The van der Waals surface area contributed by atoms with Gasteiger partial charge in [0, 0.05) is 28.0 Å². The van der Waals surface area contributed by atoms with Crippen molar-refractivity contribution >= 4 is 27.7 Å². The van der Waals surface area contributed by atoms with Crippen molar-refractivity contribution < 1.29 is 14.1 Å². The van der Waals surface area contributed by atoms with Gasteiger partial charge in [0.15, 0.2) is 0 Å². The summed E-state index contributed by atoms with van der Waals surface area (Å²) in [5.41, 5.74) is 1.24. The van der Waals surface area contributed by atoms with Gasteiger partial charge in [0.1, 0.15) is 0 Å². The second-order valence-corrected chi connectivity index (χ2v) is 6.13. The van der Waals surface area contributed by atoms with Crippen LogP contribution in [-0.4, -0.2) is 33.5 Å². The van der Waals surface area contributed by atoms with E-state index in [0.29, 0.717) is 11.4 Å². The second kappa shape index (κ2) is 8.34. The topological polar surface area (TPSA) is 110 Å². The van der Waals surface area contributed by atoms with Crippen molar-refractivity contribution in [2.75, 3.05) is 6.54 Å². The highest BCUT2D eigenvalue weighted by molar-refractivity contribution is 9.10. The van der Waals surface area contributed by atoms with E-state index in [-0.39, 0.29) is 30.8 Å². The average molecular weight is 416 g/mol. The molecule has 0 atom stereocenters. The van der Waals surface area contributed by atoms with E-state index in [9.17, 15) is 9.59 Å². The van der Waals surface area contributed by atoms with Crippen LogP contribution in [0.5, 0.6) is 0 Å². The molecule has 8 nitrogen and oxygen atoms in total. The van der Waals surface area contributed by atoms with Crippen molar-refractivity contribution in [2.24, 2.45) is 0 Å². The molecule has 0 saturated heterocycles. The standard InChI is InChI=1S/C17H14BrN5O3/c18-13-3-1-12(2-4-13)17(25)21-9-14(24)20-10-15-22-16(23-26-15)11-5-7-19-8-6-11/h1-8H,9-10H2,(H,20,24)(H,21,25). The van der Waals surface area contributed by atoms with Gasteiger partial charge in [0.2, 0.25) is 17.6 Å². The molecule has 0 saturated carbocycles.